The summed E-state index contributed by atoms with van der Waals surface area (Å²) in [6.07, 6.45) is 0. The molecule has 6 heteroatoms. The first-order chi connectivity index (χ1) is 28.7. The number of para-hydroxylation sites is 1. The molecule has 58 heavy (non-hydrogen) atoms. The average molecular weight is 759 g/mol. The summed E-state index contributed by atoms with van der Waals surface area (Å²) in [4.78, 5) is 20.9. The summed E-state index contributed by atoms with van der Waals surface area (Å²) >= 11 is 1.66. The molecular formula is C52H30N4OS. The van der Waals surface area contributed by atoms with Gasteiger partial charge in [-0.25, -0.2) is 19.9 Å². The predicted molar refractivity (Wildman–Crippen MR) is 240 cm³/mol. The number of rotatable bonds is 5. The summed E-state index contributed by atoms with van der Waals surface area (Å²) in [5, 5.41) is 10.2. The van der Waals surface area contributed by atoms with Crippen molar-refractivity contribution in [2.75, 3.05) is 0 Å². The standard InChI is InChI=1S/C52H30N4OS/c1-2-13-33(14-3-1)49-54-50(34-25-23-32(24-26-34)42-29-36-16-6-7-17-38(36)39-18-8-9-19-40(39)42)56-51(55-49)47-46-41-20-10-11-21-44(41)57-45(46)30-43-48(47)58-52(53-43)37-27-22-31-12-4-5-15-35(31)28-37/h1-30H. The molecule has 270 valence electrons. The molecule has 0 radical (unpaired) electrons. The summed E-state index contributed by atoms with van der Waals surface area (Å²) in [6.45, 7) is 0. The second-order valence-electron chi connectivity index (χ2n) is 14.6. The van der Waals surface area contributed by atoms with Crippen LogP contribution < -0.4 is 0 Å². The van der Waals surface area contributed by atoms with Crippen LogP contribution in [0.1, 0.15) is 0 Å². The Morgan fingerprint density at radius 3 is 1.79 bits per heavy atom. The number of thiazole rings is 1. The molecule has 12 aromatic rings. The second kappa shape index (κ2) is 13.0. The number of fused-ring (bicyclic) bond motifs is 8. The zero-order chi connectivity index (χ0) is 38.2. The second-order valence-corrected chi connectivity index (χ2v) is 15.6. The van der Waals surface area contributed by atoms with Crippen molar-refractivity contribution in [2.24, 2.45) is 0 Å². The summed E-state index contributed by atoms with van der Waals surface area (Å²) in [6, 6.07) is 63.5. The minimum absolute atomic E-state index is 0.573. The van der Waals surface area contributed by atoms with Crippen molar-refractivity contribution >= 4 is 75.8 Å². The van der Waals surface area contributed by atoms with Gasteiger partial charge in [0, 0.05) is 33.5 Å². The third kappa shape index (κ3) is 5.30. The van der Waals surface area contributed by atoms with Gasteiger partial charge in [0.25, 0.3) is 0 Å². The SMILES string of the molecule is c1ccc(-c2nc(-c3ccc(-c4cc5ccccc5c5ccccc45)cc3)nc(-c3c4sc(-c5ccc6ccccc6c5)nc4cc4oc5ccccc5c34)n2)cc1. The van der Waals surface area contributed by atoms with Gasteiger partial charge in [-0.15, -0.1) is 11.3 Å². The highest BCUT2D eigenvalue weighted by Crippen LogP contribution is 2.45. The van der Waals surface area contributed by atoms with E-state index in [-0.39, 0.29) is 0 Å². The average Bonchev–Trinajstić information content (AvgIpc) is 3.89. The largest absolute Gasteiger partial charge is 0.456 e. The van der Waals surface area contributed by atoms with E-state index in [4.69, 9.17) is 24.4 Å². The Morgan fingerprint density at radius 2 is 0.983 bits per heavy atom. The van der Waals surface area contributed by atoms with Crippen LogP contribution in [0.5, 0.6) is 0 Å². The van der Waals surface area contributed by atoms with Gasteiger partial charge in [0.2, 0.25) is 0 Å². The van der Waals surface area contributed by atoms with Gasteiger partial charge in [0.1, 0.15) is 16.2 Å². The Kier molecular flexibility index (Phi) is 7.33. The third-order valence-electron chi connectivity index (χ3n) is 11.1. The molecule has 0 saturated carbocycles. The van der Waals surface area contributed by atoms with Crippen molar-refractivity contribution in [3.05, 3.63) is 182 Å². The highest BCUT2D eigenvalue weighted by molar-refractivity contribution is 7.22. The molecule has 0 unspecified atom stereocenters. The number of hydrogen-bond donors (Lipinski definition) is 0. The van der Waals surface area contributed by atoms with Crippen LogP contribution >= 0.6 is 11.3 Å². The van der Waals surface area contributed by atoms with E-state index in [1.165, 1.54) is 37.9 Å². The van der Waals surface area contributed by atoms with Crippen molar-refractivity contribution in [3.63, 3.8) is 0 Å². The van der Waals surface area contributed by atoms with Gasteiger partial charge in [-0.2, -0.15) is 0 Å². The maximum Gasteiger partial charge on any atom is 0.166 e. The van der Waals surface area contributed by atoms with E-state index in [0.29, 0.717) is 17.5 Å². The van der Waals surface area contributed by atoms with Crippen molar-refractivity contribution in [3.8, 4) is 55.9 Å². The summed E-state index contributed by atoms with van der Waals surface area (Å²) < 4.78 is 7.53. The normalized spacial score (nSPS) is 11.8. The van der Waals surface area contributed by atoms with Crippen LogP contribution in [0.4, 0.5) is 0 Å². The summed E-state index contributed by atoms with van der Waals surface area (Å²) in [5.41, 5.74) is 8.47. The van der Waals surface area contributed by atoms with E-state index in [9.17, 15) is 0 Å². The first-order valence-electron chi connectivity index (χ1n) is 19.3. The van der Waals surface area contributed by atoms with Gasteiger partial charge in [-0.3, -0.25) is 0 Å². The number of aromatic nitrogens is 4. The van der Waals surface area contributed by atoms with E-state index in [1.807, 2.05) is 48.5 Å². The molecule has 9 aromatic carbocycles. The number of benzene rings is 9. The molecule has 0 aliphatic rings. The lowest BCUT2D eigenvalue weighted by molar-refractivity contribution is 0.669. The fourth-order valence-corrected chi connectivity index (χ4v) is 9.44. The molecule has 0 atom stereocenters. The monoisotopic (exact) mass is 758 g/mol. The number of furan rings is 1. The highest BCUT2D eigenvalue weighted by Gasteiger charge is 2.24. The molecule has 0 spiro atoms. The van der Waals surface area contributed by atoms with Crippen molar-refractivity contribution in [2.45, 2.75) is 0 Å². The van der Waals surface area contributed by atoms with E-state index < -0.39 is 0 Å². The lowest BCUT2D eigenvalue weighted by Gasteiger charge is -2.12. The topological polar surface area (TPSA) is 64.7 Å². The maximum atomic E-state index is 6.53. The Morgan fingerprint density at radius 1 is 0.379 bits per heavy atom. The van der Waals surface area contributed by atoms with Gasteiger partial charge < -0.3 is 4.42 Å². The Labute approximate surface area is 336 Å². The first-order valence-corrected chi connectivity index (χ1v) is 20.1. The van der Waals surface area contributed by atoms with Crippen LogP contribution in [0.15, 0.2) is 186 Å². The van der Waals surface area contributed by atoms with Gasteiger partial charge in [0.05, 0.1) is 15.8 Å². The van der Waals surface area contributed by atoms with Gasteiger partial charge in [-0.05, 0) is 61.6 Å². The van der Waals surface area contributed by atoms with Gasteiger partial charge in [0.15, 0.2) is 17.5 Å². The fraction of sp³-hybridized carbons (Fsp3) is 0. The summed E-state index contributed by atoms with van der Waals surface area (Å²) in [7, 11) is 0. The van der Waals surface area contributed by atoms with Crippen LogP contribution in [0.2, 0.25) is 0 Å². The smallest absolute Gasteiger partial charge is 0.166 e. The Balaban J connectivity index is 1.07. The Hall–Kier alpha value is -7.54. The molecule has 0 bridgehead atoms. The van der Waals surface area contributed by atoms with Crippen LogP contribution in [0, 0.1) is 0 Å². The minimum Gasteiger partial charge on any atom is -0.456 e. The fourth-order valence-electron chi connectivity index (χ4n) is 8.35. The van der Waals surface area contributed by atoms with E-state index in [2.05, 4.69) is 133 Å². The molecule has 3 heterocycles. The van der Waals surface area contributed by atoms with E-state index in [1.54, 1.807) is 11.3 Å². The molecule has 5 nitrogen and oxygen atoms in total. The minimum atomic E-state index is 0.573. The van der Waals surface area contributed by atoms with Gasteiger partial charge in [-0.1, -0.05) is 158 Å². The quantitative estimate of drug-likeness (QED) is 0.164. The van der Waals surface area contributed by atoms with Crippen LogP contribution in [-0.2, 0) is 0 Å². The first kappa shape index (κ1) is 32.7. The molecule has 0 fully saturated rings. The molecule has 0 amide bonds. The molecular weight excluding hydrogens is 729 g/mol. The van der Waals surface area contributed by atoms with Crippen LogP contribution in [0.25, 0.3) is 120 Å². The molecule has 0 saturated heterocycles. The van der Waals surface area contributed by atoms with Crippen LogP contribution in [0.3, 0.4) is 0 Å². The predicted octanol–water partition coefficient (Wildman–Crippen LogP) is 14.2. The highest BCUT2D eigenvalue weighted by atomic mass is 32.1. The van der Waals surface area contributed by atoms with Gasteiger partial charge >= 0.3 is 0 Å². The molecule has 12 rings (SSSR count). The Bertz CT molecular complexity index is 3570. The van der Waals surface area contributed by atoms with E-state index in [0.717, 1.165) is 65.0 Å². The molecule has 0 aliphatic carbocycles. The van der Waals surface area contributed by atoms with Crippen molar-refractivity contribution in [1.82, 2.24) is 19.9 Å². The lowest BCUT2D eigenvalue weighted by atomic mass is 9.93. The molecule has 3 aromatic heterocycles. The zero-order valence-corrected chi connectivity index (χ0v) is 31.7. The third-order valence-corrected chi connectivity index (χ3v) is 12.3. The maximum absolute atomic E-state index is 6.53. The summed E-state index contributed by atoms with van der Waals surface area (Å²) in [5.74, 6) is 1.77. The number of hydrogen-bond acceptors (Lipinski definition) is 6. The number of nitrogens with zero attached hydrogens (tertiary/aromatic N) is 4. The van der Waals surface area contributed by atoms with Crippen LogP contribution in [-0.4, -0.2) is 19.9 Å². The van der Waals surface area contributed by atoms with Crippen molar-refractivity contribution < 1.29 is 4.42 Å². The van der Waals surface area contributed by atoms with Crippen molar-refractivity contribution in [1.29, 1.82) is 0 Å². The lowest BCUT2D eigenvalue weighted by Crippen LogP contribution is -2.00. The molecule has 0 aliphatic heterocycles. The van der Waals surface area contributed by atoms with E-state index >= 15 is 0 Å². The zero-order valence-electron chi connectivity index (χ0n) is 30.9. The molecule has 0 N–H and O–H groups in total.